The molecule has 3 amide bonds. The molecule has 0 aliphatic carbocycles. The number of ether oxygens (including phenoxy) is 1. The molecule has 1 aliphatic rings. The highest BCUT2D eigenvalue weighted by Crippen LogP contribution is 2.30. The number of nitrogens with zero attached hydrogens (tertiary/aromatic N) is 3. The minimum Gasteiger partial charge on any atom is -0.480 e. The molecule has 0 bridgehead atoms. The number of carbonyl (C=O) groups is 4. The lowest BCUT2D eigenvalue weighted by Crippen LogP contribution is -2.38. The van der Waals surface area contributed by atoms with Crippen LogP contribution in [0.4, 0.5) is 10.5 Å². The molecule has 206 valence electrons. The van der Waals surface area contributed by atoms with E-state index in [2.05, 4.69) is 15.3 Å². The highest BCUT2D eigenvalue weighted by atomic mass is 16.6. The van der Waals surface area contributed by atoms with Crippen molar-refractivity contribution in [1.29, 1.82) is 0 Å². The van der Waals surface area contributed by atoms with Crippen LogP contribution in [0.1, 0.15) is 54.3 Å². The van der Waals surface area contributed by atoms with Crippen molar-refractivity contribution < 1.29 is 29.0 Å². The Morgan fingerprint density at radius 1 is 1.07 bits per heavy atom. The fraction of sp³-hybridized carbons (Fsp3) is 0.267. The number of cyclic esters (lactones) is 1. The summed E-state index contributed by atoms with van der Waals surface area (Å²) in [6.45, 7) is 3.46. The number of carboxylic acid groups (broad SMARTS) is 1. The number of aromatic nitrogens is 1. The van der Waals surface area contributed by atoms with Gasteiger partial charge in [-0.2, -0.15) is 0 Å². The molecule has 0 spiro atoms. The average molecular weight is 543 g/mol. The standard InChI is InChI=1S/C30H30N4O6/c1-3-20(17-26(35)34-25(18-40-30(34)39)21-11-5-4-6-12-21)27(29(37)38)32-19(2)22-13-7-8-14-23(22)33-28(36)24-15-9-10-16-31-24/h4-16,20,25,27H,3,17-18H2,1-2H3,(H,33,36)(H,37,38)/t20-,25+,27-/m0/s1. The number of hydrogen-bond acceptors (Lipinski definition) is 7. The number of carbonyl (C=O) groups excluding carboxylic acids is 3. The highest BCUT2D eigenvalue weighted by Gasteiger charge is 2.40. The predicted octanol–water partition coefficient (Wildman–Crippen LogP) is 4.73. The summed E-state index contributed by atoms with van der Waals surface area (Å²) in [5.41, 5.74) is 2.33. The first kappa shape index (κ1) is 28.2. The average Bonchev–Trinajstić information content (AvgIpc) is 3.37. The van der Waals surface area contributed by atoms with Crippen LogP contribution in [0.15, 0.2) is 84.0 Å². The second-order valence-corrected chi connectivity index (χ2v) is 9.35. The number of carboxylic acids is 1. The summed E-state index contributed by atoms with van der Waals surface area (Å²) in [5, 5.41) is 12.9. The summed E-state index contributed by atoms with van der Waals surface area (Å²) in [7, 11) is 0. The van der Waals surface area contributed by atoms with Gasteiger partial charge < -0.3 is 15.2 Å². The normalized spacial score (nSPS) is 16.6. The van der Waals surface area contributed by atoms with Crippen molar-refractivity contribution in [3.8, 4) is 0 Å². The summed E-state index contributed by atoms with van der Waals surface area (Å²) in [4.78, 5) is 60.5. The third kappa shape index (κ3) is 6.40. The van der Waals surface area contributed by atoms with E-state index in [1.54, 1.807) is 56.3 Å². The maximum atomic E-state index is 13.3. The number of anilines is 1. The maximum Gasteiger partial charge on any atom is 0.417 e. The number of aliphatic imine (C=N–C) groups is 1. The van der Waals surface area contributed by atoms with E-state index < -0.39 is 41.9 Å². The Morgan fingerprint density at radius 2 is 1.77 bits per heavy atom. The van der Waals surface area contributed by atoms with Crippen molar-refractivity contribution in [2.75, 3.05) is 11.9 Å². The molecule has 1 fully saturated rings. The van der Waals surface area contributed by atoms with Gasteiger partial charge in [-0.3, -0.25) is 19.6 Å². The molecule has 2 N–H and O–H groups in total. The zero-order valence-electron chi connectivity index (χ0n) is 22.2. The second-order valence-electron chi connectivity index (χ2n) is 9.35. The Kier molecular flexibility index (Phi) is 9.00. The smallest absolute Gasteiger partial charge is 0.417 e. The molecular formula is C30H30N4O6. The Bertz CT molecular complexity index is 1410. The molecule has 10 nitrogen and oxygen atoms in total. The molecule has 40 heavy (non-hydrogen) atoms. The van der Waals surface area contributed by atoms with E-state index in [1.165, 1.54) is 6.20 Å². The number of para-hydroxylation sites is 1. The van der Waals surface area contributed by atoms with E-state index in [0.717, 1.165) is 10.5 Å². The van der Waals surface area contributed by atoms with Gasteiger partial charge in [0.15, 0.2) is 6.04 Å². The van der Waals surface area contributed by atoms with Crippen LogP contribution < -0.4 is 5.32 Å². The number of aliphatic carboxylic acids is 1. The number of hydrogen-bond donors (Lipinski definition) is 2. The summed E-state index contributed by atoms with van der Waals surface area (Å²) in [6, 6.07) is 19.1. The summed E-state index contributed by atoms with van der Waals surface area (Å²) in [6.07, 6.45) is 0.885. The van der Waals surface area contributed by atoms with E-state index in [4.69, 9.17) is 4.74 Å². The maximum absolute atomic E-state index is 13.3. The van der Waals surface area contributed by atoms with Crippen LogP contribution in [0.3, 0.4) is 0 Å². The van der Waals surface area contributed by atoms with Crippen LogP contribution in [0.5, 0.6) is 0 Å². The zero-order chi connectivity index (χ0) is 28.6. The van der Waals surface area contributed by atoms with Gasteiger partial charge in [-0.1, -0.05) is 67.9 Å². The minimum absolute atomic E-state index is 0.0337. The van der Waals surface area contributed by atoms with Gasteiger partial charge in [0, 0.05) is 29.8 Å². The van der Waals surface area contributed by atoms with E-state index in [0.29, 0.717) is 23.4 Å². The molecule has 1 aromatic heterocycles. The minimum atomic E-state index is -1.26. The first-order chi connectivity index (χ1) is 19.3. The first-order valence-electron chi connectivity index (χ1n) is 12.9. The molecule has 3 aromatic rings. The van der Waals surface area contributed by atoms with Crippen molar-refractivity contribution in [2.24, 2.45) is 10.9 Å². The quantitative estimate of drug-likeness (QED) is 0.353. The SMILES string of the molecule is CC[C@@H](CC(=O)N1C(=O)OC[C@@H]1c1ccccc1)[C@H](N=C(C)c1ccccc1NC(=O)c1ccccn1)C(=O)O. The number of amides is 3. The molecule has 10 heteroatoms. The van der Waals surface area contributed by atoms with Gasteiger partial charge in [-0.05, 0) is 30.7 Å². The van der Waals surface area contributed by atoms with Gasteiger partial charge in [0.25, 0.3) is 5.91 Å². The summed E-state index contributed by atoms with van der Waals surface area (Å²) < 4.78 is 5.16. The third-order valence-corrected chi connectivity index (χ3v) is 6.78. The molecule has 0 radical (unpaired) electrons. The fourth-order valence-corrected chi connectivity index (χ4v) is 4.65. The largest absolute Gasteiger partial charge is 0.480 e. The van der Waals surface area contributed by atoms with E-state index in [-0.39, 0.29) is 18.7 Å². The van der Waals surface area contributed by atoms with Gasteiger partial charge in [0.05, 0.1) is 5.69 Å². The molecule has 0 saturated carbocycles. The van der Waals surface area contributed by atoms with Crippen molar-refractivity contribution >= 4 is 35.3 Å². The van der Waals surface area contributed by atoms with Gasteiger partial charge in [-0.15, -0.1) is 0 Å². The Hall–Kier alpha value is -4.86. The number of pyridine rings is 1. The van der Waals surface area contributed by atoms with Gasteiger partial charge in [0.1, 0.15) is 18.3 Å². The third-order valence-electron chi connectivity index (χ3n) is 6.78. The van der Waals surface area contributed by atoms with Crippen LogP contribution in [0.25, 0.3) is 0 Å². The topological polar surface area (TPSA) is 138 Å². The second kappa shape index (κ2) is 12.8. The van der Waals surface area contributed by atoms with Crippen molar-refractivity contribution in [1.82, 2.24) is 9.88 Å². The predicted molar refractivity (Wildman–Crippen MR) is 148 cm³/mol. The lowest BCUT2D eigenvalue weighted by molar-refractivity contribution is -0.140. The Labute approximate surface area is 231 Å². The van der Waals surface area contributed by atoms with Gasteiger partial charge >= 0.3 is 12.1 Å². The van der Waals surface area contributed by atoms with Crippen LogP contribution in [-0.2, 0) is 14.3 Å². The Morgan fingerprint density at radius 3 is 2.45 bits per heavy atom. The van der Waals surface area contributed by atoms with E-state index in [9.17, 15) is 24.3 Å². The Balaban J connectivity index is 1.56. The molecular weight excluding hydrogens is 512 g/mol. The molecule has 0 unspecified atom stereocenters. The van der Waals surface area contributed by atoms with Crippen molar-refractivity contribution in [3.05, 3.63) is 95.8 Å². The van der Waals surface area contributed by atoms with Gasteiger partial charge in [-0.25, -0.2) is 14.5 Å². The first-order valence-corrected chi connectivity index (χ1v) is 12.9. The molecule has 4 rings (SSSR count). The molecule has 2 heterocycles. The lowest BCUT2D eigenvalue weighted by atomic mass is 9.92. The zero-order valence-corrected chi connectivity index (χ0v) is 22.2. The molecule has 3 atom stereocenters. The highest BCUT2D eigenvalue weighted by molar-refractivity contribution is 6.10. The lowest BCUT2D eigenvalue weighted by Gasteiger charge is -2.25. The monoisotopic (exact) mass is 542 g/mol. The fourth-order valence-electron chi connectivity index (χ4n) is 4.65. The number of nitrogens with one attached hydrogen (secondary N) is 1. The number of rotatable bonds is 10. The van der Waals surface area contributed by atoms with Crippen LogP contribution in [-0.4, -0.2) is 57.2 Å². The van der Waals surface area contributed by atoms with Crippen LogP contribution >= 0.6 is 0 Å². The molecule has 1 saturated heterocycles. The van der Waals surface area contributed by atoms with Crippen molar-refractivity contribution in [2.45, 2.75) is 38.8 Å². The molecule has 1 aliphatic heterocycles. The number of benzene rings is 2. The van der Waals surface area contributed by atoms with E-state index in [1.807, 2.05) is 30.3 Å². The van der Waals surface area contributed by atoms with Crippen molar-refractivity contribution in [3.63, 3.8) is 0 Å². The van der Waals surface area contributed by atoms with Crippen LogP contribution in [0.2, 0.25) is 0 Å². The van der Waals surface area contributed by atoms with Crippen LogP contribution in [0, 0.1) is 5.92 Å². The van der Waals surface area contributed by atoms with E-state index >= 15 is 0 Å². The molecule has 2 aromatic carbocycles. The number of imide groups is 1. The summed E-state index contributed by atoms with van der Waals surface area (Å²) in [5.74, 6) is -2.83. The summed E-state index contributed by atoms with van der Waals surface area (Å²) >= 11 is 0. The van der Waals surface area contributed by atoms with Gasteiger partial charge in [0.2, 0.25) is 5.91 Å².